The third kappa shape index (κ3) is 3.93. The molecule has 1 aliphatic rings. The van der Waals surface area contributed by atoms with E-state index in [-0.39, 0.29) is 5.91 Å². The fraction of sp³-hybridized carbons (Fsp3) is 0.412. The number of carbonyl (C=O) groups excluding carboxylic acids is 2. The number of rotatable bonds is 6. The highest BCUT2D eigenvalue weighted by atomic mass is 16.5. The first-order valence-electron chi connectivity index (χ1n) is 8.14. The first-order chi connectivity index (χ1) is 11.6. The van der Waals surface area contributed by atoms with E-state index in [1.54, 1.807) is 24.3 Å². The summed E-state index contributed by atoms with van der Waals surface area (Å²) in [6, 6.07) is 6.82. The number of morpholine rings is 1. The molecule has 24 heavy (non-hydrogen) atoms. The number of hydrogen-bond acceptors (Lipinski definition) is 4. The Balaban J connectivity index is 1.52. The highest BCUT2D eigenvalue weighted by molar-refractivity contribution is 6.01. The standard InChI is InChI=1S/C17H22N4O3/c18-16(22)12-2-3-14-13(10-12)11-15(20-14)17(23)19-4-1-5-21-6-8-24-9-7-21/h2-3,10-11,20H,1,4-9H2,(H2,18,22)(H,19,23). The lowest BCUT2D eigenvalue weighted by Gasteiger charge is -2.26. The molecule has 2 heterocycles. The summed E-state index contributed by atoms with van der Waals surface area (Å²) in [5, 5.41) is 3.71. The van der Waals surface area contributed by atoms with Crippen LogP contribution in [0, 0.1) is 0 Å². The van der Waals surface area contributed by atoms with E-state index < -0.39 is 5.91 Å². The Bertz CT molecular complexity index is 735. The van der Waals surface area contributed by atoms with Crippen LogP contribution in [-0.2, 0) is 4.74 Å². The van der Waals surface area contributed by atoms with Crippen LogP contribution in [0.25, 0.3) is 10.9 Å². The van der Waals surface area contributed by atoms with Gasteiger partial charge in [0, 0.05) is 36.1 Å². The summed E-state index contributed by atoms with van der Waals surface area (Å²) in [5.74, 6) is -0.624. The third-order valence-corrected chi connectivity index (χ3v) is 4.19. The predicted molar refractivity (Wildman–Crippen MR) is 91.0 cm³/mol. The van der Waals surface area contributed by atoms with Gasteiger partial charge in [-0.25, -0.2) is 0 Å². The number of benzene rings is 1. The maximum atomic E-state index is 12.2. The Hall–Kier alpha value is -2.38. The van der Waals surface area contributed by atoms with Crippen LogP contribution in [0.3, 0.4) is 0 Å². The summed E-state index contributed by atoms with van der Waals surface area (Å²) in [5.41, 5.74) is 6.99. The summed E-state index contributed by atoms with van der Waals surface area (Å²) in [7, 11) is 0. The molecule has 4 N–H and O–H groups in total. The van der Waals surface area contributed by atoms with Crippen molar-refractivity contribution in [3.63, 3.8) is 0 Å². The van der Waals surface area contributed by atoms with E-state index in [9.17, 15) is 9.59 Å². The van der Waals surface area contributed by atoms with E-state index in [0.717, 1.165) is 50.2 Å². The maximum absolute atomic E-state index is 12.2. The summed E-state index contributed by atoms with van der Waals surface area (Å²) in [6.45, 7) is 5.07. The van der Waals surface area contributed by atoms with Gasteiger partial charge in [0.2, 0.25) is 5.91 Å². The molecule has 1 aromatic carbocycles. The van der Waals surface area contributed by atoms with Gasteiger partial charge in [0.25, 0.3) is 5.91 Å². The first-order valence-corrected chi connectivity index (χ1v) is 8.14. The van der Waals surface area contributed by atoms with Crippen LogP contribution in [0.1, 0.15) is 27.3 Å². The number of amides is 2. The van der Waals surface area contributed by atoms with Crippen molar-refractivity contribution >= 4 is 22.7 Å². The van der Waals surface area contributed by atoms with Gasteiger partial charge in [-0.15, -0.1) is 0 Å². The maximum Gasteiger partial charge on any atom is 0.267 e. The molecule has 0 aliphatic carbocycles. The number of fused-ring (bicyclic) bond motifs is 1. The summed E-state index contributed by atoms with van der Waals surface area (Å²) >= 11 is 0. The molecular formula is C17H22N4O3. The third-order valence-electron chi connectivity index (χ3n) is 4.19. The van der Waals surface area contributed by atoms with Gasteiger partial charge in [-0.05, 0) is 37.2 Å². The normalized spacial score (nSPS) is 15.5. The molecule has 0 bridgehead atoms. The van der Waals surface area contributed by atoms with Crippen LogP contribution in [-0.4, -0.2) is 61.1 Å². The number of primary amides is 1. The molecule has 1 fully saturated rings. The zero-order chi connectivity index (χ0) is 16.9. The Morgan fingerprint density at radius 1 is 1.25 bits per heavy atom. The van der Waals surface area contributed by atoms with Gasteiger partial charge >= 0.3 is 0 Å². The highest BCUT2D eigenvalue weighted by Crippen LogP contribution is 2.17. The van der Waals surface area contributed by atoms with E-state index >= 15 is 0 Å². The predicted octanol–water partition coefficient (Wildman–Crippen LogP) is 0.719. The van der Waals surface area contributed by atoms with Gasteiger partial charge in [-0.1, -0.05) is 0 Å². The van der Waals surface area contributed by atoms with E-state index in [0.29, 0.717) is 17.8 Å². The second-order valence-corrected chi connectivity index (χ2v) is 5.91. The molecule has 2 aromatic rings. The van der Waals surface area contributed by atoms with Crippen molar-refractivity contribution in [1.29, 1.82) is 0 Å². The van der Waals surface area contributed by atoms with Gasteiger partial charge < -0.3 is 20.8 Å². The average Bonchev–Trinajstić information content (AvgIpc) is 3.02. The van der Waals surface area contributed by atoms with Crippen molar-refractivity contribution in [3.05, 3.63) is 35.5 Å². The van der Waals surface area contributed by atoms with Crippen LogP contribution in [0.15, 0.2) is 24.3 Å². The number of nitrogens with one attached hydrogen (secondary N) is 2. The summed E-state index contributed by atoms with van der Waals surface area (Å²) < 4.78 is 5.31. The lowest BCUT2D eigenvalue weighted by atomic mass is 10.1. The van der Waals surface area contributed by atoms with Crippen molar-refractivity contribution in [2.75, 3.05) is 39.4 Å². The van der Waals surface area contributed by atoms with Crippen LogP contribution < -0.4 is 11.1 Å². The molecule has 0 atom stereocenters. The summed E-state index contributed by atoms with van der Waals surface area (Å²) in [4.78, 5) is 28.8. The van der Waals surface area contributed by atoms with Crippen molar-refractivity contribution in [2.24, 2.45) is 5.73 Å². The molecule has 3 rings (SSSR count). The van der Waals surface area contributed by atoms with Gasteiger partial charge in [0.05, 0.1) is 13.2 Å². The monoisotopic (exact) mass is 330 g/mol. The zero-order valence-electron chi connectivity index (χ0n) is 13.5. The number of H-pyrrole nitrogens is 1. The van der Waals surface area contributed by atoms with Crippen molar-refractivity contribution < 1.29 is 14.3 Å². The Morgan fingerprint density at radius 3 is 2.79 bits per heavy atom. The van der Waals surface area contributed by atoms with Crippen LogP contribution in [0.5, 0.6) is 0 Å². The van der Waals surface area contributed by atoms with Crippen LogP contribution >= 0.6 is 0 Å². The Morgan fingerprint density at radius 2 is 2.04 bits per heavy atom. The largest absolute Gasteiger partial charge is 0.379 e. The Kier molecular flexibility index (Phi) is 5.12. The molecule has 7 nitrogen and oxygen atoms in total. The van der Waals surface area contributed by atoms with E-state index in [1.165, 1.54) is 0 Å². The molecule has 1 aliphatic heterocycles. The number of nitrogens with zero attached hydrogens (tertiary/aromatic N) is 1. The zero-order valence-corrected chi connectivity index (χ0v) is 13.5. The van der Waals surface area contributed by atoms with E-state index in [2.05, 4.69) is 15.2 Å². The smallest absolute Gasteiger partial charge is 0.267 e. The van der Waals surface area contributed by atoms with E-state index in [1.807, 2.05) is 0 Å². The second-order valence-electron chi connectivity index (χ2n) is 5.91. The minimum absolute atomic E-state index is 0.145. The van der Waals surface area contributed by atoms with Crippen LogP contribution in [0.4, 0.5) is 0 Å². The number of carbonyl (C=O) groups is 2. The topological polar surface area (TPSA) is 100 Å². The molecule has 0 spiro atoms. The van der Waals surface area contributed by atoms with Gasteiger partial charge in [0.15, 0.2) is 0 Å². The molecule has 0 saturated carbocycles. The van der Waals surface area contributed by atoms with Crippen LogP contribution in [0.2, 0.25) is 0 Å². The number of aromatic nitrogens is 1. The number of hydrogen-bond donors (Lipinski definition) is 3. The number of aromatic amines is 1. The van der Waals surface area contributed by atoms with Crippen molar-refractivity contribution in [1.82, 2.24) is 15.2 Å². The lowest BCUT2D eigenvalue weighted by Crippen LogP contribution is -2.38. The van der Waals surface area contributed by atoms with Gasteiger partial charge in [-0.2, -0.15) is 0 Å². The molecule has 128 valence electrons. The highest BCUT2D eigenvalue weighted by Gasteiger charge is 2.12. The molecule has 0 unspecified atom stereocenters. The fourth-order valence-corrected chi connectivity index (χ4v) is 2.83. The minimum Gasteiger partial charge on any atom is -0.379 e. The average molecular weight is 330 g/mol. The molecular weight excluding hydrogens is 308 g/mol. The fourth-order valence-electron chi connectivity index (χ4n) is 2.83. The molecule has 0 radical (unpaired) electrons. The molecule has 1 aromatic heterocycles. The van der Waals surface area contributed by atoms with Crippen molar-refractivity contribution in [2.45, 2.75) is 6.42 Å². The van der Waals surface area contributed by atoms with Crippen molar-refractivity contribution in [3.8, 4) is 0 Å². The lowest BCUT2D eigenvalue weighted by molar-refractivity contribution is 0.0374. The SMILES string of the molecule is NC(=O)c1ccc2[nH]c(C(=O)NCCCN3CCOCC3)cc2c1. The van der Waals surface area contributed by atoms with Gasteiger partial charge in [0.1, 0.15) is 5.69 Å². The number of ether oxygens (including phenoxy) is 1. The Labute approximate surface area is 140 Å². The number of nitrogens with two attached hydrogens (primary N) is 1. The quantitative estimate of drug-likeness (QED) is 0.679. The molecule has 1 saturated heterocycles. The molecule has 7 heteroatoms. The molecule has 2 amide bonds. The first kappa shape index (κ1) is 16.5. The second kappa shape index (κ2) is 7.46. The minimum atomic E-state index is -0.479. The summed E-state index contributed by atoms with van der Waals surface area (Å²) in [6.07, 6.45) is 0.901. The van der Waals surface area contributed by atoms with Gasteiger partial charge in [-0.3, -0.25) is 14.5 Å². The van der Waals surface area contributed by atoms with E-state index in [4.69, 9.17) is 10.5 Å².